The molecule has 1 saturated carbocycles. The van der Waals surface area contributed by atoms with Gasteiger partial charge < -0.3 is 5.11 Å². The standard InChI is InChI=1S/C40H32ClIN4O5S/c1-19-27-16-21(41)7-14-31(27)52-35(19)30-18-32(44(3)43-30)46-37(49)29-17-28-25(34(40(29,2)39(46)51)20-5-4-6-24(47)15-20)12-13-26-33(28)38(50)45(36(26)48)23-10-8-22(42)9-11-23/h4-12,14-16,18,26,28-29,33-34,47H,13,17H2,1-3H3. The second-order valence-corrected chi connectivity index (χ2v) is 17.2. The number of thiophene rings is 1. The number of hydrogen-bond acceptors (Lipinski definition) is 7. The van der Waals surface area contributed by atoms with Crippen LogP contribution >= 0.6 is 45.5 Å². The van der Waals surface area contributed by atoms with Crippen LogP contribution in [0.4, 0.5) is 11.5 Å². The molecule has 2 aliphatic carbocycles. The predicted molar refractivity (Wildman–Crippen MR) is 208 cm³/mol. The van der Waals surface area contributed by atoms with Crippen LogP contribution in [0.15, 0.2) is 84.4 Å². The quantitative estimate of drug-likeness (QED) is 0.112. The molecule has 1 N–H and O–H groups in total. The molecule has 0 spiro atoms. The van der Waals surface area contributed by atoms with Gasteiger partial charge in [-0.05, 0) is 126 Å². The summed E-state index contributed by atoms with van der Waals surface area (Å²) in [6, 6.07) is 21.6. The molecule has 52 heavy (non-hydrogen) atoms. The van der Waals surface area contributed by atoms with Crippen LogP contribution in [0.2, 0.25) is 5.02 Å². The normalized spacial score (nSPS) is 26.9. The molecule has 4 heterocycles. The molecule has 9 nitrogen and oxygen atoms in total. The van der Waals surface area contributed by atoms with Crippen molar-refractivity contribution in [2.24, 2.45) is 36.1 Å². The van der Waals surface area contributed by atoms with E-state index in [1.165, 1.54) is 9.80 Å². The smallest absolute Gasteiger partial charge is 0.242 e. The van der Waals surface area contributed by atoms with E-state index in [4.69, 9.17) is 16.7 Å². The number of carbonyl (C=O) groups excluding carboxylic acids is 4. The van der Waals surface area contributed by atoms with Gasteiger partial charge >= 0.3 is 0 Å². The van der Waals surface area contributed by atoms with Gasteiger partial charge in [-0.3, -0.25) is 28.8 Å². The number of benzene rings is 3. The van der Waals surface area contributed by atoms with Crippen molar-refractivity contribution in [2.75, 3.05) is 9.80 Å². The van der Waals surface area contributed by atoms with Gasteiger partial charge in [-0.1, -0.05) is 35.4 Å². The summed E-state index contributed by atoms with van der Waals surface area (Å²) in [5.74, 6) is -3.98. The summed E-state index contributed by atoms with van der Waals surface area (Å²) >= 11 is 10.1. The van der Waals surface area contributed by atoms with Crippen LogP contribution in [-0.2, 0) is 26.2 Å². The van der Waals surface area contributed by atoms with Gasteiger partial charge in [-0.15, -0.1) is 11.3 Å². The molecule has 12 heteroatoms. The first-order valence-corrected chi connectivity index (χ1v) is 19.4. The van der Waals surface area contributed by atoms with Crippen molar-refractivity contribution in [1.29, 1.82) is 0 Å². The Morgan fingerprint density at radius 3 is 2.46 bits per heavy atom. The number of anilines is 2. The Bertz CT molecular complexity index is 2440. The second kappa shape index (κ2) is 11.8. The van der Waals surface area contributed by atoms with Crippen molar-refractivity contribution < 1.29 is 24.3 Å². The average Bonchev–Trinajstić information content (AvgIpc) is 3.79. The third-order valence-corrected chi connectivity index (χ3v) is 14.0. The monoisotopic (exact) mass is 842 g/mol. The van der Waals surface area contributed by atoms with Crippen LogP contribution < -0.4 is 9.80 Å². The molecular formula is C40H32ClIN4O5S. The number of halogens is 2. The van der Waals surface area contributed by atoms with Gasteiger partial charge in [0.15, 0.2) is 0 Å². The van der Waals surface area contributed by atoms with Gasteiger partial charge in [-0.2, -0.15) is 5.10 Å². The summed E-state index contributed by atoms with van der Waals surface area (Å²) in [6.07, 6.45) is 2.60. The lowest BCUT2D eigenvalue weighted by Gasteiger charge is -2.49. The maximum absolute atomic E-state index is 15.0. The number of amides is 4. The number of phenolic OH excluding ortho intramolecular Hbond substituents is 1. The Labute approximate surface area is 322 Å². The van der Waals surface area contributed by atoms with Crippen LogP contribution in [0.3, 0.4) is 0 Å². The molecule has 3 aromatic carbocycles. The Balaban J connectivity index is 1.14. The number of hydrogen-bond donors (Lipinski definition) is 1. The molecule has 0 bridgehead atoms. The van der Waals surface area contributed by atoms with Crippen molar-refractivity contribution in [1.82, 2.24) is 9.78 Å². The lowest BCUT2D eigenvalue weighted by atomic mass is 9.51. The zero-order chi connectivity index (χ0) is 36.4. The fourth-order valence-corrected chi connectivity index (χ4v) is 11.1. The van der Waals surface area contributed by atoms with Crippen LogP contribution in [0, 0.1) is 39.6 Å². The lowest BCUT2D eigenvalue weighted by molar-refractivity contribution is -0.131. The van der Waals surface area contributed by atoms with Crippen LogP contribution in [0.5, 0.6) is 5.75 Å². The molecule has 4 amide bonds. The maximum atomic E-state index is 15.0. The van der Waals surface area contributed by atoms with Gasteiger partial charge in [0.25, 0.3) is 0 Å². The van der Waals surface area contributed by atoms with E-state index >= 15 is 0 Å². The molecule has 9 rings (SSSR count). The Kier molecular flexibility index (Phi) is 7.63. The zero-order valence-corrected chi connectivity index (χ0v) is 32.1. The molecule has 5 aromatic rings. The van der Waals surface area contributed by atoms with Gasteiger partial charge in [-0.25, -0.2) is 4.90 Å². The van der Waals surface area contributed by atoms with E-state index in [2.05, 4.69) is 22.6 Å². The van der Waals surface area contributed by atoms with Gasteiger partial charge in [0, 0.05) is 32.3 Å². The van der Waals surface area contributed by atoms with E-state index in [9.17, 15) is 24.3 Å². The van der Waals surface area contributed by atoms with E-state index in [-0.39, 0.29) is 35.8 Å². The first-order chi connectivity index (χ1) is 24.9. The van der Waals surface area contributed by atoms with Crippen LogP contribution in [-0.4, -0.2) is 38.5 Å². The molecule has 2 aromatic heterocycles. The fraction of sp³-hybridized carbons (Fsp3) is 0.275. The van der Waals surface area contributed by atoms with Crippen LogP contribution in [0.25, 0.3) is 20.7 Å². The van der Waals surface area contributed by atoms with Crippen molar-refractivity contribution in [3.63, 3.8) is 0 Å². The highest BCUT2D eigenvalue weighted by Crippen LogP contribution is 2.64. The zero-order valence-electron chi connectivity index (χ0n) is 28.3. The minimum Gasteiger partial charge on any atom is -0.508 e. The van der Waals surface area contributed by atoms with E-state index in [0.29, 0.717) is 34.2 Å². The summed E-state index contributed by atoms with van der Waals surface area (Å²) in [6.45, 7) is 3.85. The highest BCUT2D eigenvalue weighted by atomic mass is 127. The maximum Gasteiger partial charge on any atom is 0.242 e. The Morgan fingerprint density at radius 1 is 0.942 bits per heavy atom. The average molecular weight is 843 g/mol. The highest BCUT2D eigenvalue weighted by molar-refractivity contribution is 14.1. The molecular weight excluding hydrogens is 811 g/mol. The first-order valence-electron chi connectivity index (χ1n) is 17.1. The number of aromatic nitrogens is 2. The second-order valence-electron chi connectivity index (χ2n) is 14.5. The molecule has 3 fully saturated rings. The Morgan fingerprint density at radius 2 is 1.71 bits per heavy atom. The number of fused-ring (bicyclic) bond motifs is 5. The SMILES string of the molecule is Cc1c(-c2cc(N3C(=O)C4CC5C(=CCC6C(=O)N(c7ccc(I)cc7)C(=O)C65)C(c5cccc(O)c5)C4(C)C3=O)n(C)n2)sc2ccc(Cl)cc12. The Hall–Kier alpha value is -4.33. The number of aryl methyl sites for hydroxylation is 2. The largest absolute Gasteiger partial charge is 0.508 e. The number of phenols is 1. The minimum atomic E-state index is -1.24. The number of imide groups is 2. The third kappa shape index (κ3) is 4.67. The number of rotatable bonds is 4. The van der Waals surface area contributed by atoms with E-state index < -0.39 is 35.0 Å². The summed E-state index contributed by atoms with van der Waals surface area (Å²) in [4.78, 5) is 61.5. The molecule has 2 aliphatic heterocycles. The van der Waals surface area contributed by atoms with Crippen molar-refractivity contribution >= 4 is 90.7 Å². The van der Waals surface area contributed by atoms with Gasteiger partial charge in [0.2, 0.25) is 23.6 Å². The number of nitrogens with zero attached hydrogens (tertiary/aromatic N) is 4. The van der Waals surface area contributed by atoms with Crippen molar-refractivity contribution in [3.8, 4) is 16.3 Å². The lowest BCUT2D eigenvalue weighted by Crippen LogP contribution is -2.48. The summed E-state index contributed by atoms with van der Waals surface area (Å²) in [5, 5.41) is 17.1. The summed E-state index contributed by atoms with van der Waals surface area (Å²) in [5.41, 5.74) is 2.49. The highest BCUT2D eigenvalue weighted by Gasteiger charge is 2.68. The molecule has 6 unspecified atom stereocenters. The molecule has 6 atom stereocenters. The first kappa shape index (κ1) is 33.5. The molecule has 4 aliphatic rings. The van der Waals surface area contributed by atoms with E-state index in [1.54, 1.807) is 59.5 Å². The van der Waals surface area contributed by atoms with E-state index in [1.807, 2.05) is 56.3 Å². The minimum absolute atomic E-state index is 0.0379. The van der Waals surface area contributed by atoms with E-state index in [0.717, 1.165) is 29.7 Å². The van der Waals surface area contributed by atoms with Crippen molar-refractivity contribution in [2.45, 2.75) is 32.6 Å². The molecule has 262 valence electrons. The topological polar surface area (TPSA) is 113 Å². The molecule has 0 radical (unpaired) electrons. The predicted octanol–water partition coefficient (Wildman–Crippen LogP) is 8.01. The summed E-state index contributed by atoms with van der Waals surface area (Å²) in [7, 11) is 1.73. The fourth-order valence-electron chi connectivity index (χ4n) is 9.38. The summed E-state index contributed by atoms with van der Waals surface area (Å²) < 4.78 is 3.62. The van der Waals surface area contributed by atoms with Gasteiger partial charge in [0.1, 0.15) is 17.3 Å². The third-order valence-electron chi connectivity index (χ3n) is 11.8. The number of aromatic hydroxyl groups is 1. The molecule has 2 saturated heterocycles. The van der Waals surface area contributed by atoms with Crippen molar-refractivity contribution in [3.05, 3.63) is 104 Å². The van der Waals surface area contributed by atoms with Crippen LogP contribution in [0.1, 0.15) is 36.8 Å². The number of allylic oxidation sites excluding steroid dienone is 2. The van der Waals surface area contributed by atoms with Gasteiger partial charge in [0.05, 0.1) is 33.7 Å². The number of carbonyl (C=O) groups is 4.